The van der Waals surface area contributed by atoms with E-state index < -0.39 is 28.3 Å². The van der Waals surface area contributed by atoms with Crippen LogP contribution in [0.25, 0.3) is 0 Å². The Morgan fingerprint density at radius 1 is 1.00 bits per heavy atom. The molecule has 0 unspecified atom stereocenters. The summed E-state index contributed by atoms with van der Waals surface area (Å²) in [6.45, 7) is 28.0. The van der Waals surface area contributed by atoms with Crippen molar-refractivity contribution in [2.75, 3.05) is 41.3 Å². The molecule has 2 fully saturated rings. The van der Waals surface area contributed by atoms with E-state index in [0.717, 1.165) is 12.0 Å². The Morgan fingerprint density at radius 2 is 1.62 bits per heavy atom. The summed E-state index contributed by atoms with van der Waals surface area (Å²) >= 11 is 0. The second-order valence-corrected chi connectivity index (χ2v) is 26.3. The lowest BCUT2D eigenvalue weighted by atomic mass is 9.61. The zero-order chi connectivity index (χ0) is 34.2. The third kappa shape index (κ3) is 7.92. The molecular weight excluding hydrogens is 605 g/mol. The Hall–Kier alpha value is -0.406. The molecule has 0 radical (unpaired) electrons. The number of ether oxygens (including phenoxy) is 5. The maximum atomic E-state index is 11.8. The van der Waals surface area contributed by atoms with Gasteiger partial charge < -0.3 is 37.6 Å². The van der Waals surface area contributed by atoms with Gasteiger partial charge in [0.15, 0.2) is 16.6 Å². The fraction of sp³-hybridized carbons (Fsp3) is 0.886. The molecular formula is C35H66O8Si2. The van der Waals surface area contributed by atoms with Crippen LogP contribution in [0.4, 0.5) is 0 Å². The van der Waals surface area contributed by atoms with Gasteiger partial charge >= 0.3 is 0 Å². The maximum absolute atomic E-state index is 11.8. The van der Waals surface area contributed by atoms with Crippen molar-refractivity contribution >= 4 is 16.6 Å². The van der Waals surface area contributed by atoms with E-state index in [2.05, 4.69) is 99.8 Å². The number of aliphatic hydroxyl groups excluding tert-OH is 1. The molecule has 0 aromatic heterocycles. The van der Waals surface area contributed by atoms with E-state index in [1.54, 1.807) is 21.3 Å². The Labute approximate surface area is 276 Å². The van der Waals surface area contributed by atoms with Gasteiger partial charge in [-0.25, -0.2) is 0 Å². The summed E-state index contributed by atoms with van der Waals surface area (Å²) in [6.07, 6.45) is 5.89. The van der Waals surface area contributed by atoms with Crippen LogP contribution in [0, 0.1) is 23.7 Å². The van der Waals surface area contributed by atoms with Gasteiger partial charge in [-0.1, -0.05) is 66.7 Å². The minimum absolute atomic E-state index is 0.0236. The Morgan fingerprint density at radius 3 is 2.16 bits per heavy atom. The SMILES string of the molecule is COCO[C@@H]([C@H](C)/C=C(\C)[C@@]12C=CC[C@H]3[C@@H](O1)[C@H](O)[C@H](COC)[C@@H](O[Si](C)(C)C(C)(C)C)[C@H]32)[C@H](COC)O[Si](C)(C)C(C)(C)C. The molecule has 3 rings (SSSR count). The molecule has 8 nitrogen and oxygen atoms in total. The van der Waals surface area contributed by atoms with Gasteiger partial charge in [0.2, 0.25) is 0 Å². The van der Waals surface area contributed by atoms with Gasteiger partial charge in [0.1, 0.15) is 12.4 Å². The molecule has 10 heteroatoms. The summed E-state index contributed by atoms with van der Waals surface area (Å²) in [7, 11) is 0.724. The molecule has 1 aliphatic heterocycles. The first-order valence-corrected chi connectivity index (χ1v) is 22.7. The highest BCUT2D eigenvalue weighted by atomic mass is 28.4. The van der Waals surface area contributed by atoms with Gasteiger partial charge in [-0.15, -0.1) is 0 Å². The van der Waals surface area contributed by atoms with Crippen molar-refractivity contribution in [2.45, 2.75) is 134 Å². The van der Waals surface area contributed by atoms with Gasteiger partial charge in [-0.05, 0) is 61.1 Å². The van der Waals surface area contributed by atoms with E-state index in [0.29, 0.717) is 13.2 Å². The minimum atomic E-state index is -2.20. The highest BCUT2D eigenvalue weighted by Gasteiger charge is 2.67. The number of allylic oxidation sites excluding steroid dienone is 1. The standard InChI is InChI=1S/C35H66O8Si2/c1-23(30(40-22-39-11)27(21-38-10)42-44(12,13)33(3,4)5)19-24(2)35-18-16-17-25-28(35)31(43-45(14,15)34(6,7)8)26(20-37-9)29(36)32(25)41-35/h16,18-19,23,25-32,36H,17,20-22H2,1-15H3/b24-19+/t23-,25-,26+,27+,28+,29-,30+,31-,32-,35-/m1/s1. The first kappa shape index (κ1) is 39.0. The monoisotopic (exact) mass is 670 g/mol. The smallest absolute Gasteiger partial charge is 0.192 e. The van der Waals surface area contributed by atoms with Crippen LogP contribution >= 0.6 is 0 Å². The number of hydrogen-bond donors (Lipinski definition) is 1. The molecule has 2 aliphatic carbocycles. The van der Waals surface area contributed by atoms with Crippen molar-refractivity contribution in [3.05, 3.63) is 23.8 Å². The van der Waals surface area contributed by atoms with Crippen molar-refractivity contribution in [1.82, 2.24) is 0 Å². The largest absolute Gasteiger partial charge is 0.413 e. The lowest BCUT2D eigenvalue weighted by molar-refractivity contribution is -0.132. The quantitative estimate of drug-likeness (QED) is 0.114. The highest BCUT2D eigenvalue weighted by molar-refractivity contribution is 6.74. The van der Waals surface area contributed by atoms with Crippen LogP contribution in [0.3, 0.4) is 0 Å². The van der Waals surface area contributed by atoms with E-state index in [4.69, 9.17) is 32.5 Å². The highest BCUT2D eigenvalue weighted by Crippen LogP contribution is 2.59. The van der Waals surface area contributed by atoms with Crippen molar-refractivity contribution in [3.8, 4) is 0 Å². The van der Waals surface area contributed by atoms with E-state index in [1.165, 1.54) is 0 Å². The third-order valence-corrected chi connectivity index (χ3v) is 20.6. The van der Waals surface area contributed by atoms with Gasteiger partial charge in [-0.2, -0.15) is 0 Å². The van der Waals surface area contributed by atoms with Crippen molar-refractivity contribution in [1.29, 1.82) is 0 Å². The van der Waals surface area contributed by atoms with Gasteiger partial charge in [0.05, 0.1) is 43.7 Å². The minimum Gasteiger partial charge on any atom is -0.413 e. The second kappa shape index (κ2) is 14.6. The summed E-state index contributed by atoms with van der Waals surface area (Å²) in [4.78, 5) is 0. The van der Waals surface area contributed by atoms with E-state index in [1.807, 2.05) is 0 Å². The molecule has 0 spiro atoms. The Balaban J connectivity index is 2.07. The average Bonchev–Trinajstić information content (AvgIpc) is 3.04. The van der Waals surface area contributed by atoms with Crippen LogP contribution in [0.2, 0.25) is 36.3 Å². The summed E-state index contributed by atoms with van der Waals surface area (Å²) in [5.74, 6) is 0.00741. The van der Waals surface area contributed by atoms with Gasteiger partial charge in [0.25, 0.3) is 0 Å². The number of rotatable bonds is 15. The maximum Gasteiger partial charge on any atom is 0.192 e. The van der Waals surface area contributed by atoms with Gasteiger partial charge in [-0.3, -0.25) is 0 Å². The molecule has 262 valence electrons. The zero-order valence-corrected chi connectivity index (χ0v) is 33.1. The van der Waals surface area contributed by atoms with Crippen LogP contribution < -0.4 is 0 Å². The van der Waals surface area contributed by atoms with Crippen molar-refractivity contribution in [3.63, 3.8) is 0 Å². The summed E-state index contributed by atoms with van der Waals surface area (Å²) in [5.41, 5.74) is 0.410. The van der Waals surface area contributed by atoms with Crippen molar-refractivity contribution in [2.24, 2.45) is 23.7 Å². The summed E-state index contributed by atoms with van der Waals surface area (Å²) in [6, 6.07) is 0. The molecule has 1 N–H and O–H groups in total. The molecule has 1 heterocycles. The zero-order valence-electron chi connectivity index (χ0n) is 31.1. The van der Waals surface area contributed by atoms with E-state index >= 15 is 0 Å². The van der Waals surface area contributed by atoms with Crippen molar-refractivity contribution < 1.29 is 37.6 Å². The molecule has 1 saturated carbocycles. The van der Waals surface area contributed by atoms with Crippen LogP contribution in [-0.2, 0) is 32.5 Å². The van der Waals surface area contributed by atoms with E-state index in [9.17, 15) is 5.11 Å². The molecule has 3 aliphatic rings. The number of aliphatic hydroxyl groups is 1. The van der Waals surface area contributed by atoms with Gasteiger partial charge in [0, 0.05) is 39.1 Å². The fourth-order valence-corrected chi connectivity index (χ4v) is 9.76. The van der Waals surface area contributed by atoms with Crippen LogP contribution in [0.15, 0.2) is 23.8 Å². The third-order valence-electron chi connectivity index (χ3n) is 11.6. The lowest BCUT2D eigenvalue weighted by Crippen LogP contribution is -2.60. The van der Waals surface area contributed by atoms with Crippen LogP contribution in [-0.4, -0.2) is 99.2 Å². The predicted octanol–water partition coefficient (Wildman–Crippen LogP) is 6.95. The van der Waals surface area contributed by atoms with Crippen LogP contribution in [0.5, 0.6) is 0 Å². The summed E-state index contributed by atoms with van der Waals surface area (Å²) < 4.78 is 44.4. The fourth-order valence-electron chi connectivity index (χ4n) is 7.09. The number of methoxy groups -OCH3 is 3. The molecule has 1 saturated heterocycles. The second-order valence-electron chi connectivity index (χ2n) is 16.8. The Bertz CT molecular complexity index is 1030. The predicted molar refractivity (Wildman–Crippen MR) is 185 cm³/mol. The lowest BCUT2D eigenvalue weighted by Gasteiger charge is -2.51. The number of hydrogen-bond acceptors (Lipinski definition) is 8. The molecule has 45 heavy (non-hydrogen) atoms. The molecule has 0 amide bonds. The molecule has 0 aromatic rings. The first-order chi connectivity index (χ1) is 20.7. The van der Waals surface area contributed by atoms with Crippen LogP contribution in [0.1, 0.15) is 61.8 Å². The molecule has 0 aromatic carbocycles. The summed E-state index contributed by atoms with van der Waals surface area (Å²) in [5, 5.41) is 11.9. The normalized spacial score (nSPS) is 32.9. The average molecular weight is 671 g/mol. The molecule has 10 atom stereocenters. The Kier molecular flexibility index (Phi) is 12.7. The van der Waals surface area contributed by atoms with E-state index in [-0.39, 0.29) is 65.0 Å². The first-order valence-electron chi connectivity index (χ1n) is 16.9. The molecule has 4 bridgehead atoms. The topological polar surface area (TPSA) is 84.8 Å².